The first-order valence-corrected chi connectivity index (χ1v) is 8.43. The molecule has 0 saturated carbocycles. The van der Waals surface area contributed by atoms with E-state index in [0.29, 0.717) is 29.8 Å². The molecule has 0 radical (unpaired) electrons. The molecule has 1 heterocycles. The lowest BCUT2D eigenvalue weighted by atomic mass is 10.1. The van der Waals surface area contributed by atoms with Crippen molar-refractivity contribution in [2.24, 2.45) is 0 Å². The van der Waals surface area contributed by atoms with Crippen molar-refractivity contribution in [3.05, 3.63) is 71.3 Å². The van der Waals surface area contributed by atoms with Gasteiger partial charge >= 0.3 is 5.97 Å². The maximum absolute atomic E-state index is 12.8. The van der Waals surface area contributed by atoms with Gasteiger partial charge < -0.3 is 14.7 Å². The van der Waals surface area contributed by atoms with E-state index >= 15 is 0 Å². The first-order valence-electron chi connectivity index (χ1n) is 8.43. The minimum absolute atomic E-state index is 0.0879. The van der Waals surface area contributed by atoms with Crippen molar-refractivity contribution in [1.82, 2.24) is 4.90 Å². The van der Waals surface area contributed by atoms with Gasteiger partial charge in [-0.05, 0) is 30.5 Å². The fourth-order valence-corrected chi connectivity index (χ4v) is 2.91. The van der Waals surface area contributed by atoms with Crippen LogP contribution in [0.5, 0.6) is 0 Å². The number of nitrogens with zero attached hydrogens (tertiary/aromatic N) is 1. The summed E-state index contributed by atoms with van der Waals surface area (Å²) in [6, 6.07) is 15.6. The van der Waals surface area contributed by atoms with Gasteiger partial charge in [0.25, 0.3) is 5.91 Å². The highest BCUT2D eigenvalue weighted by molar-refractivity contribution is 5.92. The van der Waals surface area contributed by atoms with E-state index in [2.05, 4.69) is 0 Å². The first-order chi connectivity index (χ1) is 12.2. The molecule has 1 fully saturated rings. The summed E-state index contributed by atoms with van der Waals surface area (Å²) in [7, 11) is 0. The third kappa shape index (κ3) is 4.06. The van der Waals surface area contributed by atoms with Crippen LogP contribution < -0.4 is 0 Å². The molecule has 0 aromatic heterocycles. The first kappa shape index (κ1) is 17.2. The van der Waals surface area contributed by atoms with Crippen molar-refractivity contribution in [1.29, 1.82) is 0 Å². The van der Waals surface area contributed by atoms with E-state index in [4.69, 9.17) is 9.84 Å². The highest BCUT2D eigenvalue weighted by Crippen LogP contribution is 2.24. The lowest BCUT2D eigenvalue weighted by Crippen LogP contribution is -2.34. The van der Waals surface area contributed by atoms with Gasteiger partial charge in [0.2, 0.25) is 6.10 Å². The van der Waals surface area contributed by atoms with Crippen molar-refractivity contribution in [3.8, 4) is 0 Å². The second-order valence-corrected chi connectivity index (χ2v) is 6.08. The number of amides is 1. The number of rotatable bonds is 5. The van der Waals surface area contributed by atoms with Gasteiger partial charge in [-0.1, -0.05) is 42.5 Å². The maximum atomic E-state index is 12.8. The average molecular weight is 339 g/mol. The molecule has 2 aromatic carbocycles. The van der Waals surface area contributed by atoms with Gasteiger partial charge in [-0.25, -0.2) is 4.79 Å². The quantitative estimate of drug-likeness (QED) is 0.851. The molecular formula is C20H21NO4. The molecule has 3 rings (SSSR count). The van der Waals surface area contributed by atoms with Crippen LogP contribution in [0.1, 0.15) is 40.4 Å². The van der Waals surface area contributed by atoms with Gasteiger partial charge in [0.1, 0.15) is 0 Å². The summed E-state index contributed by atoms with van der Waals surface area (Å²) in [6.07, 6.45) is 1.01. The molecule has 1 amide bonds. The lowest BCUT2D eigenvalue weighted by molar-refractivity contribution is -0.140. The van der Waals surface area contributed by atoms with Crippen LogP contribution in [0.2, 0.25) is 0 Å². The van der Waals surface area contributed by atoms with Crippen LogP contribution in [-0.2, 0) is 16.1 Å². The van der Waals surface area contributed by atoms with E-state index in [-0.39, 0.29) is 12.5 Å². The molecule has 1 aliphatic heterocycles. The molecule has 130 valence electrons. The summed E-state index contributed by atoms with van der Waals surface area (Å²) in [5, 5.41) is 9.09. The van der Waals surface area contributed by atoms with Gasteiger partial charge in [0.05, 0.1) is 12.2 Å². The van der Waals surface area contributed by atoms with E-state index < -0.39 is 12.1 Å². The molecule has 25 heavy (non-hydrogen) atoms. The number of aliphatic hydroxyl groups is 1. The molecule has 5 heteroatoms. The summed E-state index contributed by atoms with van der Waals surface area (Å²) in [4.78, 5) is 27.1. The lowest BCUT2D eigenvalue weighted by Gasteiger charge is -2.23. The maximum Gasteiger partial charge on any atom is 0.339 e. The number of carbonyl (C=O) groups is 2. The third-order valence-corrected chi connectivity index (χ3v) is 4.34. The fourth-order valence-electron chi connectivity index (χ4n) is 2.91. The smallest absolute Gasteiger partial charge is 0.339 e. The highest BCUT2D eigenvalue weighted by atomic mass is 16.5. The molecular weight excluding hydrogens is 318 g/mol. The van der Waals surface area contributed by atoms with Crippen LogP contribution in [0.15, 0.2) is 54.6 Å². The monoisotopic (exact) mass is 339 g/mol. The summed E-state index contributed by atoms with van der Waals surface area (Å²) in [5.74, 6) is -0.727. The van der Waals surface area contributed by atoms with E-state index in [1.54, 1.807) is 41.3 Å². The van der Waals surface area contributed by atoms with Crippen molar-refractivity contribution >= 4 is 11.9 Å². The Kier molecular flexibility index (Phi) is 5.46. The van der Waals surface area contributed by atoms with Gasteiger partial charge in [-0.15, -0.1) is 0 Å². The Bertz CT molecular complexity index is 721. The molecule has 0 spiro atoms. The van der Waals surface area contributed by atoms with Crippen molar-refractivity contribution in [2.75, 3.05) is 13.1 Å². The second-order valence-electron chi connectivity index (χ2n) is 6.08. The topological polar surface area (TPSA) is 66.8 Å². The number of benzene rings is 2. The summed E-state index contributed by atoms with van der Waals surface area (Å²) < 4.78 is 5.58. The second kappa shape index (κ2) is 7.94. The number of likely N-dealkylation sites (tertiary alicyclic amines) is 1. The van der Waals surface area contributed by atoms with E-state index in [1.165, 1.54) is 0 Å². The molecule has 0 bridgehead atoms. The predicted molar refractivity (Wildman–Crippen MR) is 92.8 cm³/mol. The predicted octanol–water partition coefficient (Wildman–Crippen LogP) is 2.70. The van der Waals surface area contributed by atoms with E-state index in [9.17, 15) is 9.59 Å². The standard InChI is InChI=1S/C20H21NO4/c22-14-15-8-10-17(11-9-15)20(24)25-18(16-6-2-1-3-7-16)19(23)21-12-4-5-13-21/h1-3,6-11,18,22H,4-5,12-14H2/t18-/m0/s1. The Morgan fingerprint density at radius 3 is 2.24 bits per heavy atom. The third-order valence-electron chi connectivity index (χ3n) is 4.34. The van der Waals surface area contributed by atoms with E-state index in [1.807, 2.05) is 18.2 Å². The molecule has 0 unspecified atom stereocenters. The van der Waals surface area contributed by atoms with Crippen molar-refractivity contribution < 1.29 is 19.4 Å². The van der Waals surface area contributed by atoms with Crippen LogP contribution in [0, 0.1) is 0 Å². The van der Waals surface area contributed by atoms with Crippen LogP contribution in [0.3, 0.4) is 0 Å². The number of ether oxygens (including phenoxy) is 1. The number of carbonyl (C=O) groups excluding carboxylic acids is 2. The minimum Gasteiger partial charge on any atom is -0.444 e. The van der Waals surface area contributed by atoms with Crippen LogP contribution >= 0.6 is 0 Å². The van der Waals surface area contributed by atoms with Gasteiger partial charge in [0, 0.05) is 18.7 Å². The Hall–Kier alpha value is -2.66. The molecule has 1 aliphatic rings. The molecule has 5 nitrogen and oxygen atoms in total. The van der Waals surface area contributed by atoms with E-state index in [0.717, 1.165) is 12.8 Å². The molecule has 1 atom stereocenters. The largest absolute Gasteiger partial charge is 0.444 e. The Balaban J connectivity index is 1.81. The zero-order chi connectivity index (χ0) is 17.6. The van der Waals surface area contributed by atoms with Crippen LogP contribution in [-0.4, -0.2) is 35.0 Å². The SMILES string of the molecule is O=C(O[C@H](C(=O)N1CCCC1)c1ccccc1)c1ccc(CO)cc1. The number of hydrogen-bond donors (Lipinski definition) is 1. The Morgan fingerprint density at radius 1 is 1.00 bits per heavy atom. The molecule has 1 saturated heterocycles. The number of hydrogen-bond acceptors (Lipinski definition) is 4. The zero-order valence-corrected chi connectivity index (χ0v) is 13.9. The van der Waals surface area contributed by atoms with Crippen molar-refractivity contribution in [2.45, 2.75) is 25.6 Å². The van der Waals surface area contributed by atoms with Crippen LogP contribution in [0.25, 0.3) is 0 Å². The summed E-state index contributed by atoms with van der Waals surface area (Å²) in [6.45, 7) is 1.31. The fraction of sp³-hybridized carbons (Fsp3) is 0.300. The highest BCUT2D eigenvalue weighted by Gasteiger charge is 2.31. The average Bonchev–Trinajstić information content (AvgIpc) is 3.21. The number of esters is 1. The normalized spacial score (nSPS) is 15.0. The molecule has 1 N–H and O–H groups in total. The summed E-state index contributed by atoms with van der Waals surface area (Å²) in [5.41, 5.74) is 1.73. The van der Waals surface area contributed by atoms with Crippen molar-refractivity contribution in [3.63, 3.8) is 0 Å². The molecule has 0 aliphatic carbocycles. The van der Waals surface area contributed by atoms with Gasteiger partial charge in [0.15, 0.2) is 0 Å². The zero-order valence-electron chi connectivity index (χ0n) is 13.9. The Labute approximate surface area is 146 Å². The van der Waals surface area contributed by atoms with Crippen LogP contribution in [0.4, 0.5) is 0 Å². The number of aliphatic hydroxyl groups excluding tert-OH is 1. The Morgan fingerprint density at radius 2 is 1.64 bits per heavy atom. The minimum atomic E-state index is -0.940. The van der Waals surface area contributed by atoms with Gasteiger partial charge in [-0.2, -0.15) is 0 Å². The molecule has 2 aromatic rings. The summed E-state index contributed by atoms with van der Waals surface area (Å²) >= 11 is 0. The van der Waals surface area contributed by atoms with Gasteiger partial charge in [-0.3, -0.25) is 4.79 Å².